The molecule has 0 saturated carbocycles. The Kier molecular flexibility index (Phi) is 5.38. The summed E-state index contributed by atoms with van der Waals surface area (Å²) in [6, 6.07) is 4.55. The largest absolute Gasteiger partial charge is 0.309 e. The first-order chi connectivity index (χ1) is 7.49. The van der Waals surface area contributed by atoms with Crippen molar-refractivity contribution in [3.8, 4) is 0 Å². The normalized spacial score (nSPS) is 14.8. The van der Waals surface area contributed by atoms with Gasteiger partial charge in [-0.25, -0.2) is 4.39 Å². The minimum atomic E-state index is -0.846. The van der Waals surface area contributed by atoms with Gasteiger partial charge in [-0.05, 0) is 25.1 Å². The van der Waals surface area contributed by atoms with Crippen molar-refractivity contribution >= 4 is 22.4 Å². The van der Waals surface area contributed by atoms with E-state index in [0.717, 1.165) is 0 Å². The van der Waals surface area contributed by atoms with Gasteiger partial charge in [0.2, 0.25) is 0 Å². The molecule has 2 nitrogen and oxygen atoms in total. The van der Waals surface area contributed by atoms with Gasteiger partial charge < -0.3 is 5.32 Å². The standard InChI is InChI=1S/C11H15ClFNOS/c1-8(7-16(2)15)14-6-9-5-10(12)3-4-11(9)13/h3-5,8,14H,6-7H2,1-2H3. The van der Waals surface area contributed by atoms with E-state index in [2.05, 4.69) is 5.32 Å². The van der Waals surface area contributed by atoms with E-state index in [4.69, 9.17) is 11.6 Å². The van der Waals surface area contributed by atoms with Crippen LogP contribution in [-0.2, 0) is 17.3 Å². The van der Waals surface area contributed by atoms with Crippen molar-refractivity contribution in [3.63, 3.8) is 0 Å². The van der Waals surface area contributed by atoms with Crippen molar-refractivity contribution in [3.05, 3.63) is 34.6 Å². The van der Waals surface area contributed by atoms with Gasteiger partial charge in [0, 0.05) is 46.0 Å². The number of rotatable bonds is 5. The maximum absolute atomic E-state index is 13.3. The molecule has 0 amide bonds. The minimum absolute atomic E-state index is 0.0872. The van der Waals surface area contributed by atoms with E-state index in [1.54, 1.807) is 12.3 Å². The molecule has 1 aromatic rings. The maximum atomic E-state index is 13.3. The Bertz CT molecular complexity index is 386. The first-order valence-corrected chi connectivity index (χ1v) is 7.07. The van der Waals surface area contributed by atoms with E-state index in [9.17, 15) is 8.60 Å². The van der Waals surface area contributed by atoms with E-state index in [0.29, 0.717) is 22.9 Å². The SMILES string of the molecule is CC(CS(C)=O)NCc1cc(Cl)ccc1F. The van der Waals surface area contributed by atoms with Crippen LogP contribution in [0.2, 0.25) is 5.02 Å². The number of hydrogen-bond acceptors (Lipinski definition) is 2. The van der Waals surface area contributed by atoms with E-state index < -0.39 is 10.8 Å². The van der Waals surface area contributed by atoms with Gasteiger partial charge in [-0.15, -0.1) is 0 Å². The molecule has 1 aromatic carbocycles. The molecule has 0 saturated heterocycles. The van der Waals surface area contributed by atoms with E-state index in [1.807, 2.05) is 6.92 Å². The first-order valence-electron chi connectivity index (χ1n) is 4.96. The van der Waals surface area contributed by atoms with E-state index in [1.165, 1.54) is 12.1 Å². The van der Waals surface area contributed by atoms with Gasteiger partial charge in [0.05, 0.1) is 0 Å². The summed E-state index contributed by atoms with van der Waals surface area (Å²) in [6.45, 7) is 2.31. The van der Waals surface area contributed by atoms with Crippen LogP contribution in [0.1, 0.15) is 12.5 Å². The summed E-state index contributed by atoms with van der Waals surface area (Å²) in [7, 11) is -0.846. The van der Waals surface area contributed by atoms with Gasteiger partial charge in [0.25, 0.3) is 0 Å². The van der Waals surface area contributed by atoms with Crippen LogP contribution >= 0.6 is 11.6 Å². The molecular formula is C11H15ClFNOS. The fourth-order valence-electron chi connectivity index (χ4n) is 1.37. The Morgan fingerprint density at radius 3 is 2.88 bits per heavy atom. The van der Waals surface area contributed by atoms with Gasteiger partial charge in [-0.2, -0.15) is 0 Å². The highest BCUT2D eigenvalue weighted by Crippen LogP contribution is 2.14. The zero-order valence-electron chi connectivity index (χ0n) is 9.30. The monoisotopic (exact) mass is 263 g/mol. The predicted molar refractivity (Wildman–Crippen MR) is 66.6 cm³/mol. The minimum Gasteiger partial charge on any atom is -0.309 e. The fourth-order valence-corrected chi connectivity index (χ4v) is 2.39. The average molecular weight is 264 g/mol. The lowest BCUT2D eigenvalue weighted by Gasteiger charge is -2.12. The highest BCUT2D eigenvalue weighted by atomic mass is 35.5. The lowest BCUT2D eigenvalue weighted by atomic mass is 10.2. The van der Waals surface area contributed by atoms with Crippen LogP contribution < -0.4 is 5.32 Å². The summed E-state index contributed by atoms with van der Waals surface area (Å²) >= 11 is 5.77. The van der Waals surface area contributed by atoms with Gasteiger partial charge in [0.15, 0.2) is 0 Å². The summed E-state index contributed by atoms with van der Waals surface area (Å²) in [5, 5.41) is 3.63. The van der Waals surface area contributed by atoms with Crippen LogP contribution in [0.15, 0.2) is 18.2 Å². The Morgan fingerprint density at radius 1 is 1.56 bits per heavy atom. The van der Waals surface area contributed by atoms with Crippen LogP contribution in [-0.4, -0.2) is 22.3 Å². The zero-order chi connectivity index (χ0) is 12.1. The molecular weight excluding hydrogens is 249 g/mol. The van der Waals surface area contributed by atoms with Crippen LogP contribution in [0, 0.1) is 5.82 Å². The highest BCUT2D eigenvalue weighted by molar-refractivity contribution is 7.84. The molecule has 5 heteroatoms. The van der Waals surface area contributed by atoms with Crippen LogP contribution in [0.3, 0.4) is 0 Å². The van der Waals surface area contributed by atoms with Crippen molar-refractivity contribution in [2.45, 2.75) is 19.5 Å². The molecule has 2 atom stereocenters. The third kappa shape index (κ3) is 4.60. The molecule has 0 aliphatic carbocycles. The van der Waals surface area contributed by atoms with Crippen LogP contribution in [0.5, 0.6) is 0 Å². The summed E-state index contributed by atoms with van der Waals surface area (Å²) in [6.07, 6.45) is 1.65. The predicted octanol–water partition coefficient (Wildman–Crippen LogP) is 2.34. The summed E-state index contributed by atoms with van der Waals surface area (Å²) in [4.78, 5) is 0. The number of benzene rings is 1. The second-order valence-electron chi connectivity index (χ2n) is 3.76. The molecule has 0 spiro atoms. The van der Waals surface area contributed by atoms with E-state index in [-0.39, 0.29) is 11.9 Å². The van der Waals surface area contributed by atoms with Gasteiger partial charge in [-0.3, -0.25) is 4.21 Å². The topological polar surface area (TPSA) is 29.1 Å². The Balaban J connectivity index is 2.54. The number of nitrogens with one attached hydrogen (secondary N) is 1. The zero-order valence-corrected chi connectivity index (χ0v) is 10.9. The molecule has 0 aliphatic rings. The van der Waals surface area contributed by atoms with Crippen molar-refractivity contribution < 1.29 is 8.60 Å². The Labute approximate surface area is 103 Å². The Morgan fingerprint density at radius 2 is 2.25 bits per heavy atom. The van der Waals surface area contributed by atoms with Crippen molar-refractivity contribution in [2.75, 3.05) is 12.0 Å². The van der Waals surface area contributed by atoms with Gasteiger partial charge in [0.1, 0.15) is 5.82 Å². The molecule has 0 fully saturated rings. The van der Waals surface area contributed by atoms with Gasteiger partial charge >= 0.3 is 0 Å². The molecule has 0 heterocycles. The first kappa shape index (κ1) is 13.6. The molecule has 0 bridgehead atoms. The molecule has 1 rings (SSSR count). The maximum Gasteiger partial charge on any atom is 0.127 e. The molecule has 90 valence electrons. The molecule has 2 unspecified atom stereocenters. The third-order valence-corrected chi connectivity index (χ3v) is 3.34. The van der Waals surface area contributed by atoms with E-state index >= 15 is 0 Å². The van der Waals surface area contributed by atoms with Crippen molar-refractivity contribution in [2.24, 2.45) is 0 Å². The van der Waals surface area contributed by atoms with Crippen molar-refractivity contribution in [1.82, 2.24) is 5.32 Å². The smallest absolute Gasteiger partial charge is 0.127 e. The summed E-state index contributed by atoms with van der Waals surface area (Å²) in [5.74, 6) is 0.282. The summed E-state index contributed by atoms with van der Waals surface area (Å²) in [5.41, 5.74) is 0.529. The molecule has 16 heavy (non-hydrogen) atoms. The molecule has 0 radical (unpaired) electrons. The fraction of sp³-hybridized carbons (Fsp3) is 0.455. The van der Waals surface area contributed by atoms with Gasteiger partial charge in [-0.1, -0.05) is 11.6 Å². The quantitative estimate of drug-likeness (QED) is 0.884. The second-order valence-corrected chi connectivity index (χ2v) is 5.67. The summed E-state index contributed by atoms with van der Waals surface area (Å²) < 4.78 is 24.3. The number of halogens is 2. The van der Waals surface area contributed by atoms with Crippen LogP contribution in [0.4, 0.5) is 4.39 Å². The van der Waals surface area contributed by atoms with Crippen LogP contribution in [0.25, 0.3) is 0 Å². The Hall–Kier alpha value is -0.450. The lowest BCUT2D eigenvalue weighted by Crippen LogP contribution is -2.30. The molecule has 0 aromatic heterocycles. The average Bonchev–Trinajstić information content (AvgIpc) is 2.18. The third-order valence-electron chi connectivity index (χ3n) is 2.13. The second kappa shape index (κ2) is 6.33. The molecule has 0 aliphatic heterocycles. The highest BCUT2D eigenvalue weighted by Gasteiger charge is 2.07. The number of hydrogen-bond donors (Lipinski definition) is 1. The van der Waals surface area contributed by atoms with Crippen molar-refractivity contribution in [1.29, 1.82) is 0 Å². The molecule has 1 N–H and O–H groups in total. The lowest BCUT2D eigenvalue weighted by molar-refractivity contribution is 0.554.